The highest BCUT2D eigenvalue weighted by atomic mass is 16.1. The lowest BCUT2D eigenvalue weighted by Crippen LogP contribution is -2.33. The molecule has 2 aliphatic rings. The van der Waals surface area contributed by atoms with Crippen molar-refractivity contribution in [3.8, 4) is 0 Å². The van der Waals surface area contributed by atoms with Gasteiger partial charge in [-0.15, -0.1) is 0 Å². The van der Waals surface area contributed by atoms with Crippen LogP contribution in [0.3, 0.4) is 0 Å². The van der Waals surface area contributed by atoms with Gasteiger partial charge in [-0.05, 0) is 24.0 Å². The Morgan fingerprint density at radius 3 is 2.38 bits per heavy atom. The van der Waals surface area contributed by atoms with E-state index in [1.54, 1.807) is 7.05 Å². The van der Waals surface area contributed by atoms with E-state index in [1.807, 2.05) is 0 Å². The normalized spacial score (nSPS) is 26.8. The second-order valence-corrected chi connectivity index (χ2v) is 4.58. The monoisotopic (exact) mass is 216 g/mol. The minimum atomic E-state index is 0.115. The van der Waals surface area contributed by atoms with Crippen LogP contribution in [0.1, 0.15) is 36.1 Å². The first kappa shape index (κ1) is 9.85. The lowest BCUT2D eigenvalue weighted by atomic mass is 9.92. The molecule has 1 fully saturated rings. The van der Waals surface area contributed by atoms with E-state index >= 15 is 0 Å². The van der Waals surface area contributed by atoms with E-state index in [0.29, 0.717) is 18.6 Å². The maximum absolute atomic E-state index is 11.5. The van der Waals surface area contributed by atoms with Gasteiger partial charge in [0.2, 0.25) is 5.91 Å². The SMILES string of the molecule is CNC(=O)CN1C2CCC1c1ccccc12. The average molecular weight is 216 g/mol. The standard InChI is InChI=1S/C13H16N2O/c1-14-13(16)8-15-11-6-7-12(15)10-5-3-2-4-9(10)11/h2-5,11-12H,6-8H2,1H3,(H,14,16). The number of rotatable bonds is 2. The zero-order chi connectivity index (χ0) is 11.1. The Kier molecular flexibility index (Phi) is 2.21. The van der Waals surface area contributed by atoms with E-state index in [4.69, 9.17) is 0 Å². The zero-order valence-electron chi connectivity index (χ0n) is 9.44. The summed E-state index contributed by atoms with van der Waals surface area (Å²) in [7, 11) is 1.70. The maximum Gasteiger partial charge on any atom is 0.233 e. The summed E-state index contributed by atoms with van der Waals surface area (Å²) in [4.78, 5) is 13.8. The molecule has 1 aromatic rings. The molecular formula is C13H16N2O. The quantitative estimate of drug-likeness (QED) is 0.814. The molecular weight excluding hydrogens is 200 g/mol. The van der Waals surface area contributed by atoms with Crippen molar-refractivity contribution in [3.63, 3.8) is 0 Å². The molecule has 84 valence electrons. The van der Waals surface area contributed by atoms with Crippen LogP contribution in [0.15, 0.2) is 24.3 Å². The Hall–Kier alpha value is -1.35. The van der Waals surface area contributed by atoms with Gasteiger partial charge in [0.15, 0.2) is 0 Å². The van der Waals surface area contributed by atoms with Crippen molar-refractivity contribution in [2.45, 2.75) is 24.9 Å². The summed E-state index contributed by atoms with van der Waals surface area (Å²) < 4.78 is 0. The summed E-state index contributed by atoms with van der Waals surface area (Å²) in [6.07, 6.45) is 2.39. The summed E-state index contributed by atoms with van der Waals surface area (Å²) >= 11 is 0. The molecule has 2 atom stereocenters. The molecule has 0 aromatic heterocycles. The molecule has 0 saturated carbocycles. The van der Waals surface area contributed by atoms with Gasteiger partial charge < -0.3 is 5.32 Å². The minimum absolute atomic E-state index is 0.115. The Balaban J connectivity index is 1.89. The van der Waals surface area contributed by atoms with Crippen LogP contribution < -0.4 is 5.32 Å². The number of likely N-dealkylation sites (N-methyl/N-ethyl adjacent to an activating group) is 1. The number of benzene rings is 1. The molecule has 2 unspecified atom stereocenters. The molecule has 3 heteroatoms. The number of amides is 1. The first-order valence-electron chi connectivity index (χ1n) is 5.86. The highest BCUT2D eigenvalue weighted by Crippen LogP contribution is 2.52. The molecule has 2 bridgehead atoms. The Bertz CT molecular complexity index is 399. The Morgan fingerprint density at radius 2 is 1.88 bits per heavy atom. The smallest absolute Gasteiger partial charge is 0.233 e. The minimum Gasteiger partial charge on any atom is -0.358 e. The highest BCUT2D eigenvalue weighted by molar-refractivity contribution is 5.78. The molecule has 1 saturated heterocycles. The fraction of sp³-hybridized carbons (Fsp3) is 0.462. The Labute approximate surface area is 95.4 Å². The van der Waals surface area contributed by atoms with Crippen molar-refractivity contribution in [2.24, 2.45) is 0 Å². The average Bonchev–Trinajstić information content (AvgIpc) is 2.85. The van der Waals surface area contributed by atoms with Crippen LogP contribution in [0.25, 0.3) is 0 Å². The van der Waals surface area contributed by atoms with Gasteiger partial charge in [0, 0.05) is 19.1 Å². The molecule has 0 radical (unpaired) electrons. The number of carbonyl (C=O) groups is 1. The van der Waals surface area contributed by atoms with Crippen molar-refractivity contribution in [2.75, 3.05) is 13.6 Å². The lowest BCUT2D eigenvalue weighted by molar-refractivity contribution is -0.122. The van der Waals surface area contributed by atoms with Crippen molar-refractivity contribution in [1.29, 1.82) is 0 Å². The van der Waals surface area contributed by atoms with E-state index in [0.717, 1.165) is 0 Å². The number of nitrogens with one attached hydrogen (secondary N) is 1. The van der Waals surface area contributed by atoms with Crippen LogP contribution in [-0.4, -0.2) is 24.4 Å². The van der Waals surface area contributed by atoms with Crippen LogP contribution in [-0.2, 0) is 4.79 Å². The fourth-order valence-corrected chi connectivity index (χ4v) is 3.12. The molecule has 2 heterocycles. The summed E-state index contributed by atoms with van der Waals surface area (Å²) in [6, 6.07) is 9.54. The summed E-state index contributed by atoms with van der Waals surface area (Å²) in [5, 5.41) is 2.71. The fourth-order valence-electron chi connectivity index (χ4n) is 3.12. The highest BCUT2D eigenvalue weighted by Gasteiger charge is 2.43. The van der Waals surface area contributed by atoms with Crippen molar-refractivity contribution >= 4 is 5.91 Å². The van der Waals surface area contributed by atoms with Gasteiger partial charge in [0.25, 0.3) is 0 Å². The van der Waals surface area contributed by atoms with E-state index in [2.05, 4.69) is 34.5 Å². The number of hydrogen-bond donors (Lipinski definition) is 1. The molecule has 3 rings (SSSR count). The van der Waals surface area contributed by atoms with Gasteiger partial charge in [0.05, 0.1) is 6.54 Å². The number of fused-ring (bicyclic) bond motifs is 5. The predicted octanol–water partition coefficient (Wildman–Crippen LogP) is 1.62. The first-order chi connectivity index (χ1) is 7.81. The summed E-state index contributed by atoms with van der Waals surface area (Å²) in [5.41, 5.74) is 2.87. The molecule has 0 aliphatic carbocycles. The number of nitrogens with zero attached hydrogens (tertiary/aromatic N) is 1. The van der Waals surface area contributed by atoms with E-state index in [-0.39, 0.29) is 5.91 Å². The van der Waals surface area contributed by atoms with Crippen molar-refractivity contribution < 1.29 is 4.79 Å². The lowest BCUT2D eigenvalue weighted by Gasteiger charge is -2.20. The van der Waals surface area contributed by atoms with Gasteiger partial charge >= 0.3 is 0 Å². The van der Waals surface area contributed by atoms with Gasteiger partial charge in [0.1, 0.15) is 0 Å². The molecule has 1 amide bonds. The molecule has 1 aromatic carbocycles. The van der Waals surface area contributed by atoms with Crippen LogP contribution >= 0.6 is 0 Å². The van der Waals surface area contributed by atoms with Gasteiger partial charge in [-0.2, -0.15) is 0 Å². The van der Waals surface area contributed by atoms with Gasteiger partial charge in [-0.1, -0.05) is 24.3 Å². The number of hydrogen-bond acceptors (Lipinski definition) is 2. The molecule has 2 aliphatic heterocycles. The molecule has 3 nitrogen and oxygen atoms in total. The van der Waals surface area contributed by atoms with Crippen LogP contribution in [0.4, 0.5) is 0 Å². The van der Waals surface area contributed by atoms with Crippen LogP contribution in [0, 0.1) is 0 Å². The van der Waals surface area contributed by atoms with E-state index in [9.17, 15) is 4.79 Å². The molecule has 1 N–H and O–H groups in total. The van der Waals surface area contributed by atoms with Crippen molar-refractivity contribution in [1.82, 2.24) is 10.2 Å². The summed E-state index contributed by atoms with van der Waals surface area (Å²) in [5.74, 6) is 0.115. The second-order valence-electron chi connectivity index (χ2n) is 4.58. The van der Waals surface area contributed by atoms with E-state index < -0.39 is 0 Å². The third-order valence-corrected chi connectivity index (χ3v) is 3.83. The van der Waals surface area contributed by atoms with E-state index in [1.165, 1.54) is 24.0 Å². The third-order valence-electron chi connectivity index (χ3n) is 3.83. The third kappa shape index (κ3) is 1.28. The number of carbonyl (C=O) groups excluding carboxylic acids is 1. The van der Waals surface area contributed by atoms with Crippen LogP contribution in [0.2, 0.25) is 0 Å². The first-order valence-corrected chi connectivity index (χ1v) is 5.86. The van der Waals surface area contributed by atoms with Crippen molar-refractivity contribution in [3.05, 3.63) is 35.4 Å². The second kappa shape index (κ2) is 3.59. The van der Waals surface area contributed by atoms with Crippen LogP contribution in [0.5, 0.6) is 0 Å². The van der Waals surface area contributed by atoms with Gasteiger partial charge in [-0.25, -0.2) is 0 Å². The predicted molar refractivity (Wildman–Crippen MR) is 61.9 cm³/mol. The van der Waals surface area contributed by atoms with Gasteiger partial charge in [-0.3, -0.25) is 9.69 Å². The summed E-state index contributed by atoms with van der Waals surface area (Å²) in [6.45, 7) is 0.528. The molecule has 0 spiro atoms. The maximum atomic E-state index is 11.5. The Morgan fingerprint density at radius 1 is 1.31 bits per heavy atom. The largest absolute Gasteiger partial charge is 0.358 e. The topological polar surface area (TPSA) is 32.3 Å². The molecule has 16 heavy (non-hydrogen) atoms. The zero-order valence-corrected chi connectivity index (χ0v) is 9.44.